The van der Waals surface area contributed by atoms with E-state index in [-0.39, 0.29) is 16.4 Å². The van der Waals surface area contributed by atoms with Gasteiger partial charge in [0, 0.05) is 33.7 Å². The van der Waals surface area contributed by atoms with E-state index in [2.05, 4.69) is 20.0 Å². The number of benzene rings is 2. The second kappa shape index (κ2) is 7.91. The van der Waals surface area contributed by atoms with Gasteiger partial charge in [0.25, 0.3) is 15.9 Å². The van der Waals surface area contributed by atoms with E-state index in [0.717, 1.165) is 0 Å². The zero-order valence-corrected chi connectivity index (χ0v) is 15.9. The van der Waals surface area contributed by atoms with Crippen LogP contribution in [0.3, 0.4) is 0 Å². The molecule has 0 saturated heterocycles. The maximum absolute atomic E-state index is 12.3. The van der Waals surface area contributed by atoms with Crippen LogP contribution in [0.2, 0.25) is 10.0 Å². The molecule has 0 saturated carbocycles. The highest BCUT2D eigenvalue weighted by atomic mass is 35.5. The highest BCUT2D eigenvalue weighted by Crippen LogP contribution is 2.21. The number of nitrogens with one attached hydrogen (secondary N) is 2. The molecule has 2 aromatic carbocycles. The van der Waals surface area contributed by atoms with E-state index in [4.69, 9.17) is 23.2 Å². The van der Waals surface area contributed by atoms with Crippen molar-refractivity contribution in [3.8, 4) is 0 Å². The molecule has 3 aromatic rings. The van der Waals surface area contributed by atoms with Crippen LogP contribution in [0.25, 0.3) is 0 Å². The van der Waals surface area contributed by atoms with Gasteiger partial charge in [0.15, 0.2) is 0 Å². The quantitative estimate of drug-likeness (QED) is 0.650. The molecule has 0 radical (unpaired) electrons. The predicted octanol–water partition coefficient (Wildman–Crippen LogP) is 3.84. The third-order valence-electron chi connectivity index (χ3n) is 3.34. The average molecular weight is 423 g/mol. The fourth-order valence-corrected chi connectivity index (χ4v) is 3.62. The summed E-state index contributed by atoms with van der Waals surface area (Å²) in [6.45, 7) is 0. The Balaban J connectivity index is 1.74. The molecule has 3 rings (SSSR count). The number of carbonyl (C=O) groups is 1. The molecule has 2 N–H and O–H groups in total. The molecule has 138 valence electrons. The Bertz CT molecular complexity index is 1050. The Kier molecular flexibility index (Phi) is 5.59. The van der Waals surface area contributed by atoms with Crippen molar-refractivity contribution < 1.29 is 13.2 Å². The Morgan fingerprint density at radius 2 is 1.52 bits per heavy atom. The van der Waals surface area contributed by atoms with Crippen molar-refractivity contribution in [2.75, 3.05) is 10.0 Å². The highest BCUT2D eigenvalue weighted by molar-refractivity contribution is 7.92. The third-order valence-corrected chi connectivity index (χ3v) is 5.12. The van der Waals surface area contributed by atoms with E-state index >= 15 is 0 Å². The molecule has 0 spiro atoms. The number of carbonyl (C=O) groups excluding carboxylic acids is 1. The summed E-state index contributed by atoms with van der Waals surface area (Å²) in [7, 11) is -3.84. The van der Waals surface area contributed by atoms with Crippen LogP contribution in [0.1, 0.15) is 10.4 Å². The first-order valence-electron chi connectivity index (χ1n) is 7.51. The van der Waals surface area contributed by atoms with Crippen LogP contribution < -0.4 is 10.0 Å². The number of sulfonamides is 1. The van der Waals surface area contributed by atoms with E-state index in [9.17, 15) is 13.2 Å². The smallest absolute Gasteiger partial charge is 0.264 e. The summed E-state index contributed by atoms with van der Waals surface area (Å²) in [5, 5.41) is 3.32. The summed E-state index contributed by atoms with van der Waals surface area (Å²) in [6, 6.07) is 11.7. The van der Waals surface area contributed by atoms with Crippen molar-refractivity contribution in [2.24, 2.45) is 0 Å². The molecular formula is C17H12Cl2N4O3S. The van der Waals surface area contributed by atoms with E-state index in [1.165, 1.54) is 54.9 Å². The second-order valence-corrected chi connectivity index (χ2v) is 7.87. The normalized spacial score (nSPS) is 11.0. The van der Waals surface area contributed by atoms with Crippen LogP contribution in [-0.2, 0) is 10.0 Å². The minimum absolute atomic E-state index is 0.00116. The van der Waals surface area contributed by atoms with Crippen LogP contribution in [0.5, 0.6) is 0 Å². The fraction of sp³-hybridized carbons (Fsp3) is 0. The van der Waals surface area contributed by atoms with Gasteiger partial charge in [-0.3, -0.25) is 4.79 Å². The monoisotopic (exact) mass is 422 g/mol. The average Bonchev–Trinajstić information content (AvgIpc) is 2.62. The molecule has 0 aliphatic rings. The van der Waals surface area contributed by atoms with Gasteiger partial charge >= 0.3 is 0 Å². The molecule has 0 bridgehead atoms. The Labute approximate surface area is 165 Å². The molecule has 0 atom stereocenters. The highest BCUT2D eigenvalue weighted by Gasteiger charge is 2.16. The topological polar surface area (TPSA) is 101 Å². The van der Waals surface area contributed by atoms with Gasteiger partial charge in [-0.25, -0.2) is 23.1 Å². The van der Waals surface area contributed by atoms with Crippen molar-refractivity contribution in [1.82, 2.24) is 9.97 Å². The van der Waals surface area contributed by atoms with Crippen LogP contribution in [0.15, 0.2) is 65.8 Å². The Morgan fingerprint density at radius 3 is 2.11 bits per heavy atom. The zero-order chi connectivity index (χ0) is 19.4. The number of hydrogen-bond donors (Lipinski definition) is 2. The lowest BCUT2D eigenvalue weighted by Crippen LogP contribution is -2.15. The first-order valence-corrected chi connectivity index (χ1v) is 9.75. The van der Waals surface area contributed by atoms with Gasteiger partial charge < -0.3 is 5.32 Å². The first-order chi connectivity index (χ1) is 12.8. The molecule has 7 nitrogen and oxygen atoms in total. The lowest BCUT2D eigenvalue weighted by molar-refractivity contribution is 0.102. The number of anilines is 2. The maximum Gasteiger partial charge on any atom is 0.264 e. The zero-order valence-electron chi connectivity index (χ0n) is 13.6. The Morgan fingerprint density at radius 1 is 0.926 bits per heavy atom. The minimum Gasteiger partial charge on any atom is -0.322 e. The number of aromatic nitrogens is 2. The number of rotatable bonds is 5. The molecule has 0 unspecified atom stereocenters. The van der Waals surface area contributed by atoms with Crippen LogP contribution >= 0.6 is 23.2 Å². The van der Waals surface area contributed by atoms with Crippen LogP contribution in [0, 0.1) is 0 Å². The summed E-state index contributed by atoms with van der Waals surface area (Å²) in [5.41, 5.74) is 0.693. The van der Waals surface area contributed by atoms with Crippen molar-refractivity contribution in [3.63, 3.8) is 0 Å². The molecule has 1 amide bonds. The molecule has 1 aromatic heterocycles. The SMILES string of the molecule is O=C(Nc1ccc(S(=O)(=O)Nc2ncccn2)cc1)c1cc(Cl)cc(Cl)c1. The molecule has 10 heteroatoms. The van der Waals surface area contributed by atoms with E-state index < -0.39 is 15.9 Å². The summed E-state index contributed by atoms with van der Waals surface area (Å²) >= 11 is 11.8. The number of amides is 1. The van der Waals surface area contributed by atoms with E-state index in [1.54, 1.807) is 6.07 Å². The lowest BCUT2D eigenvalue weighted by atomic mass is 10.2. The van der Waals surface area contributed by atoms with Gasteiger partial charge in [-0.1, -0.05) is 23.2 Å². The summed E-state index contributed by atoms with van der Waals surface area (Å²) in [5.74, 6) is -0.460. The standard InChI is InChI=1S/C17H12Cl2N4O3S/c18-12-8-11(9-13(19)10-12)16(24)22-14-2-4-15(5-3-14)27(25,26)23-17-20-6-1-7-21-17/h1-10H,(H,22,24)(H,20,21,23). The second-order valence-electron chi connectivity index (χ2n) is 5.31. The lowest BCUT2D eigenvalue weighted by Gasteiger charge is -2.09. The summed E-state index contributed by atoms with van der Waals surface area (Å²) in [6.07, 6.45) is 2.84. The molecule has 0 fully saturated rings. The molecule has 1 heterocycles. The molecular weight excluding hydrogens is 411 g/mol. The molecule has 0 aliphatic carbocycles. The van der Waals surface area contributed by atoms with Crippen LogP contribution in [0.4, 0.5) is 11.6 Å². The van der Waals surface area contributed by atoms with Crippen LogP contribution in [-0.4, -0.2) is 24.3 Å². The summed E-state index contributed by atoms with van der Waals surface area (Å²) < 4.78 is 26.9. The maximum atomic E-state index is 12.3. The van der Waals surface area contributed by atoms with Gasteiger partial charge in [0.2, 0.25) is 5.95 Å². The predicted molar refractivity (Wildman–Crippen MR) is 104 cm³/mol. The first kappa shape index (κ1) is 19.1. The van der Waals surface area contributed by atoms with Gasteiger partial charge in [-0.15, -0.1) is 0 Å². The largest absolute Gasteiger partial charge is 0.322 e. The van der Waals surface area contributed by atoms with Crippen molar-refractivity contribution in [3.05, 3.63) is 76.5 Å². The number of hydrogen-bond acceptors (Lipinski definition) is 5. The fourth-order valence-electron chi connectivity index (χ4n) is 2.14. The van der Waals surface area contributed by atoms with Gasteiger partial charge in [-0.2, -0.15) is 0 Å². The van der Waals surface area contributed by atoms with Gasteiger partial charge in [0.05, 0.1) is 4.90 Å². The molecule has 27 heavy (non-hydrogen) atoms. The number of nitrogens with zero attached hydrogens (tertiary/aromatic N) is 2. The van der Waals surface area contributed by atoms with Crippen molar-refractivity contribution in [2.45, 2.75) is 4.90 Å². The van der Waals surface area contributed by atoms with Gasteiger partial charge in [-0.05, 0) is 48.5 Å². The number of halogens is 2. The van der Waals surface area contributed by atoms with Crippen molar-refractivity contribution >= 4 is 50.8 Å². The van der Waals surface area contributed by atoms with Gasteiger partial charge in [0.1, 0.15) is 0 Å². The third kappa shape index (κ3) is 4.94. The van der Waals surface area contributed by atoms with E-state index in [0.29, 0.717) is 15.7 Å². The Hall–Kier alpha value is -2.68. The molecule has 0 aliphatic heterocycles. The summed E-state index contributed by atoms with van der Waals surface area (Å²) in [4.78, 5) is 19.9. The van der Waals surface area contributed by atoms with Crippen molar-refractivity contribution in [1.29, 1.82) is 0 Å². The minimum atomic E-state index is -3.84. The van der Waals surface area contributed by atoms with E-state index in [1.807, 2.05) is 0 Å².